The van der Waals surface area contributed by atoms with Crippen molar-refractivity contribution in [1.29, 1.82) is 0 Å². The molecular weight excluding hydrogens is 1250 g/mol. The molecule has 0 aliphatic heterocycles. The molecule has 5 aromatic rings. The minimum Gasteiger partial charge on any atom is -0.0654 e. The maximum atomic E-state index is 15.4. The van der Waals surface area contributed by atoms with E-state index >= 15 is 9.59 Å². The Morgan fingerprint density at radius 3 is 0.929 bits per heavy atom. The van der Waals surface area contributed by atoms with Crippen molar-refractivity contribution < 1.29 is 0 Å². The summed E-state index contributed by atoms with van der Waals surface area (Å²) < 4.78 is 9.59. The summed E-state index contributed by atoms with van der Waals surface area (Å²) in [5.41, 5.74) is 6.51. The molecular formula is C78H126N2O2Te2. The number of rotatable bonds is 53. The van der Waals surface area contributed by atoms with E-state index in [-0.39, 0.29) is 11.1 Å². The summed E-state index contributed by atoms with van der Waals surface area (Å²) in [6, 6.07) is 22.4. The van der Waals surface area contributed by atoms with Crippen molar-refractivity contribution in [3.63, 3.8) is 0 Å². The minimum atomic E-state index is -0.810. The fourth-order valence-corrected chi connectivity index (χ4v) is 18.9. The van der Waals surface area contributed by atoms with Crippen molar-refractivity contribution in [2.24, 2.45) is 11.8 Å². The molecule has 472 valence electrons. The molecule has 4 aromatic heterocycles. The van der Waals surface area contributed by atoms with E-state index in [1.54, 1.807) is 0 Å². The van der Waals surface area contributed by atoms with Crippen molar-refractivity contribution in [3.05, 3.63) is 90.5 Å². The molecule has 0 aliphatic rings. The first-order valence-corrected chi connectivity index (χ1v) is 41.0. The van der Waals surface area contributed by atoms with E-state index in [0.29, 0.717) is 13.1 Å². The number of hydrogen-bond acceptors (Lipinski definition) is 2. The molecule has 0 fully saturated rings. The van der Waals surface area contributed by atoms with Gasteiger partial charge in [0.25, 0.3) is 0 Å². The van der Waals surface area contributed by atoms with E-state index in [9.17, 15) is 0 Å². The zero-order chi connectivity index (χ0) is 59.7. The standard InChI is InChI=1S/C78H126N2O2Te2/c1-7-11-15-19-23-27-29-33-37-41-49-67(47-39-35-31-25-21-17-13-9-3)51-43-45-61-79-73-64-71(76-60-59-74(84-76)69-56-53-65(5)54-57-69)78(82)80(72(73)63-70(77(79)81)75-58-55-66(6)83-75)62-46-44-52-68(48-40-36-32-26-22-18-14-10-4)50-42-38-34-30-28-24-20-16-12-8-2/h53-60,63-64,67-68H,7-52,61-62H2,1-6H3. The van der Waals surface area contributed by atoms with Crippen LogP contribution in [0.15, 0.2) is 70.3 Å². The molecule has 2 atom stereocenters. The van der Waals surface area contributed by atoms with Crippen LogP contribution in [0, 0.1) is 25.7 Å². The number of benzene rings is 1. The third-order valence-corrected chi connectivity index (χ3v) is 25.2. The van der Waals surface area contributed by atoms with Crippen LogP contribution in [0.5, 0.6) is 0 Å². The Morgan fingerprint density at radius 1 is 0.321 bits per heavy atom. The van der Waals surface area contributed by atoms with E-state index in [1.807, 2.05) is 0 Å². The second-order valence-corrected chi connectivity index (χ2v) is 33.2. The topological polar surface area (TPSA) is 44.0 Å². The molecule has 1 aromatic carbocycles. The predicted octanol–water partition coefficient (Wildman–Crippen LogP) is 24.2. The van der Waals surface area contributed by atoms with Gasteiger partial charge in [0.2, 0.25) is 0 Å². The summed E-state index contributed by atoms with van der Waals surface area (Å²) in [5.74, 6) is 1.56. The molecule has 5 rings (SSSR count). The molecule has 0 spiro atoms. The van der Waals surface area contributed by atoms with E-state index in [0.717, 1.165) is 59.7 Å². The first-order valence-electron chi connectivity index (χ1n) is 36.3. The zero-order valence-corrected chi connectivity index (χ0v) is 60.1. The fourth-order valence-electron chi connectivity index (χ4n) is 13.5. The van der Waals surface area contributed by atoms with Crippen LogP contribution in [0.4, 0.5) is 0 Å². The molecule has 4 heterocycles. The third-order valence-electron chi connectivity index (χ3n) is 18.9. The van der Waals surface area contributed by atoms with Gasteiger partial charge in [0.05, 0.1) is 0 Å². The van der Waals surface area contributed by atoms with Crippen LogP contribution in [-0.2, 0) is 13.1 Å². The maximum absolute atomic E-state index is 15.4. The van der Waals surface area contributed by atoms with E-state index < -0.39 is 40.9 Å². The van der Waals surface area contributed by atoms with Gasteiger partial charge in [-0.2, -0.15) is 0 Å². The van der Waals surface area contributed by atoms with Crippen LogP contribution >= 0.6 is 0 Å². The van der Waals surface area contributed by atoms with Gasteiger partial charge in [0.1, 0.15) is 0 Å². The second-order valence-electron chi connectivity index (χ2n) is 26.4. The minimum absolute atomic E-state index is 0.149. The monoisotopic (exact) mass is 1380 g/mol. The average Bonchev–Trinajstić information content (AvgIpc) is 2.43. The number of hydrogen-bond donors (Lipinski definition) is 0. The van der Waals surface area contributed by atoms with Crippen molar-refractivity contribution >= 4 is 51.9 Å². The summed E-state index contributed by atoms with van der Waals surface area (Å²) in [6.45, 7) is 15.1. The van der Waals surface area contributed by atoms with Gasteiger partial charge < -0.3 is 0 Å². The zero-order valence-electron chi connectivity index (χ0n) is 55.4. The predicted molar refractivity (Wildman–Crippen MR) is 374 cm³/mol. The third kappa shape index (κ3) is 28.6. The summed E-state index contributed by atoms with van der Waals surface area (Å²) in [7, 11) is 0. The van der Waals surface area contributed by atoms with Crippen molar-refractivity contribution in [3.8, 4) is 27.4 Å². The number of aryl methyl sites for hydroxylation is 4. The fraction of sp³-hybridized carbons (Fsp3) is 0.718. The van der Waals surface area contributed by atoms with E-state index in [2.05, 4.69) is 111 Å². The first kappa shape index (κ1) is 72.7. The van der Waals surface area contributed by atoms with Gasteiger partial charge in [-0.15, -0.1) is 0 Å². The van der Waals surface area contributed by atoms with Gasteiger partial charge in [-0.25, -0.2) is 0 Å². The SMILES string of the molecule is CCCCCCCCCCCCC(CCCCCCCCCC)CCCCn1c(=O)c(-c2ccc(C)[te]2)cc2c1cc(-c1ccc(-c3ccc(C)cc3)[te]1)c(=O)n2CCCCC(CCCCCCCCCC)CCCCCCCCCCCC. The molecule has 6 heteroatoms. The number of unbranched alkanes of at least 4 members (excludes halogenated alkanes) is 34. The average molecular weight is 1380 g/mol. The summed E-state index contributed by atoms with van der Waals surface area (Å²) in [6.07, 6.45) is 62.3. The van der Waals surface area contributed by atoms with Crippen LogP contribution in [0.25, 0.3) is 38.5 Å². The van der Waals surface area contributed by atoms with Gasteiger partial charge in [-0.05, 0) is 0 Å². The molecule has 0 amide bonds. The molecule has 0 radical (unpaired) electrons. The summed E-state index contributed by atoms with van der Waals surface area (Å²) in [4.78, 5) is 30.7. The van der Waals surface area contributed by atoms with Crippen molar-refractivity contribution in [2.45, 2.75) is 350 Å². The van der Waals surface area contributed by atoms with E-state index in [4.69, 9.17) is 0 Å². The van der Waals surface area contributed by atoms with Crippen molar-refractivity contribution in [2.75, 3.05) is 0 Å². The Hall–Kier alpha value is -2.08. The van der Waals surface area contributed by atoms with E-state index in [1.165, 1.54) is 295 Å². The summed E-state index contributed by atoms with van der Waals surface area (Å²) >= 11 is -1.43. The second kappa shape index (κ2) is 46.1. The Bertz CT molecular complexity index is 2540. The van der Waals surface area contributed by atoms with Crippen molar-refractivity contribution in [1.82, 2.24) is 9.13 Å². The normalized spacial score (nSPS) is 12.5. The van der Waals surface area contributed by atoms with Crippen LogP contribution < -0.4 is 11.1 Å². The van der Waals surface area contributed by atoms with Crippen LogP contribution in [0.3, 0.4) is 0 Å². The Morgan fingerprint density at radius 2 is 0.607 bits per heavy atom. The molecule has 84 heavy (non-hydrogen) atoms. The van der Waals surface area contributed by atoms with Gasteiger partial charge in [-0.1, -0.05) is 207 Å². The molecule has 0 aliphatic carbocycles. The molecule has 0 bridgehead atoms. The molecule has 2 unspecified atom stereocenters. The Kier molecular flexibility index (Phi) is 39.9. The Balaban J connectivity index is 1.37. The molecule has 0 N–H and O–H groups in total. The molecule has 4 nitrogen and oxygen atoms in total. The van der Waals surface area contributed by atoms with Gasteiger partial charge in [-0.3, -0.25) is 0 Å². The molecule has 0 saturated carbocycles. The number of pyridine rings is 2. The first-order chi connectivity index (χ1) is 41.3. The van der Waals surface area contributed by atoms with Gasteiger partial charge in [0, 0.05) is 0 Å². The smallest absolute Gasteiger partial charge is 0.0654 e. The Labute approximate surface area is 536 Å². The quantitative estimate of drug-likeness (QED) is 0.0288. The number of fused-ring (bicyclic) bond motifs is 1. The van der Waals surface area contributed by atoms with Crippen LogP contribution in [-0.4, -0.2) is 50.0 Å². The molecule has 0 saturated heterocycles. The summed E-state index contributed by atoms with van der Waals surface area (Å²) in [5, 5.41) is 0. The van der Waals surface area contributed by atoms with Crippen LogP contribution in [0.2, 0.25) is 0 Å². The number of aromatic nitrogens is 2. The van der Waals surface area contributed by atoms with Gasteiger partial charge in [0.15, 0.2) is 0 Å². The van der Waals surface area contributed by atoms with Crippen LogP contribution in [0.1, 0.15) is 332 Å². The van der Waals surface area contributed by atoms with Gasteiger partial charge >= 0.3 is 333 Å². The number of nitrogens with zero attached hydrogens (tertiary/aromatic N) is 2.